The Labute approximate surface area is 126 Å². The van der Waals surface area contributed by atoms with Crippen molar-refractivity contribution >= 4 is 21.8 Å². The number of phenolic OH excluding ortho intramolecular Hbond substituents is 1. The largest absolute Gasteiger partial charge is 0.507 e. The van der Waals surface area contributed by atoms with Crippen LogP contribution in [0.5, 0.6) is 11.5 Å². The van der Waals surface area contributed by atoms with Gasteiger partial charge in [-0.15, -0.1) is 0 Å². The van der Waals surface area contributed by atoms with E-state index in [9.17, 15) is 9.90 Å². The van der Waals surface area contributed by atoms with Crippen LogP contribution < -0.4 is 4.74 Å². The first-order valence-electron chi connectivity index (χ1n) is 6.42. The van der Waals surface area contributed by atoms with Gasteiger partial charge in [0.05, 0.1) is 31.4 Å². The number of aromatic hydroxyl groups is 1. The van der Waals surface area contributed by atoms with Gasteiger partial charge >= 0.3 is 0 Å². The summed E-state index contributed by atoms with van der Waals surface area (Å²) in [6, 6.07) is 4.63. The number of rotatable bonds is 3. The van der Waals surface area contributed by atoms with Crippen LogP contribution in [-0.2, 0) is 4.74 Å². The first-order valence-corrected chi connectivity index (χ1v) is 7.54. The van der Waals surface area contributed by atoms with Crippen LogP contribution in [-0.4, -0.2) is 53.7 Å². The smallest absolute Gasteiger partial charge is 0.258 e. The number of phenols is 1. The molecule has 1 N–H and O–H groups in total. The van der Waals surface area contributed by atoms with Gasteiger partial charge < -0.3 is 19.5 Å². The van der Waals surface area contributed by atoms with Crippen LogP contribution in [0.4, 0.5) is 0 Å². The molecule has 1 fully saturated rings. The van der Waals surface area contributed by atoms with Gasteiger partial charge in [-0.05, 0) is 25.1 Å². The van der Waals surface area contributed by atoms with E-state index in [1.165, 1.54) is 13.2 Å². The summed E-state index contributed by atoms with van der Waals surface area (Å²) in [5.74, 6) is 0.303. The molecular formula is C14H18BrNO4. The molecule has 5 nitrogen and oxygen atoms in total. The van der Waals surface area contributed by atoms with E-state index in [-0.39, 0.29) is 29.4 Å². The lowest BCUT2D eigenvalue weighted by Gasteiger charge is -2.37. The summed E-state index contributed by atoms with van der Waals surface area (Å²) >= 11 is 3.37. The number of halogens is 1. The minimum Gasteiger partial charge on any atom is -0.507 e. The summed E-state index contributed by atoms with van der Waals surface area (Å²) in [5, 5.41) is 10.6. The van der Waals surface area contributed by atoms with Crippen molar-refractivity contribution in [3.63, 3.8) is 0 Å². The number of alkyl halides is 1. The molecule has 20 heavy (non-hydrogen) atoms. The van der Waals surface area contributed by atoms with Gasteiger partial charge in [0.2, 0.25) is 0 Å². The van der Waals surface area contributed by atoms with Crippen LogP contribution in [0.1, 0.15) is 17.3 Å². The molecule has 1 aliphatic heterocycles. The van der Waals surface area contributed by atoms with Gasteiger partial charge in [0.1, 0.15) is 11.5 Å². The highest BCUT2D eigenvalue weighted by Crippen LogP contribution is 2.26. The molecule has 1 aliphatic rings. The third kappa shape index (κ3) is 3.07. The number of amides is 1. The first kappa shape index (κ1) is 15.1. The molecule has 6 heteroatoms. The Morgan fingerprint density at radius 2 is 2.35 bits per heavy atom. The molecule has 0 saturated carbocycles. The maximum Gasteiger partial charge on any atom is 0.258 e. The Balaban J connectivity index is 2.25. The third-order valence-electron chi connectivity index (χ3n) is 3.37. The lowest BCUT2D eigenvalue weighted by atomic mass is 10.1. The van der Waals surface area contributed by atoms with Crippen molar-refractivity contribution in [1.82, 2.24) is 4.90 Å². The number of ether oxygens (including phenoxy) is 2. The van der Waals surface area contributed by atoms with E-state index in [0.29, 0.717) is 24.2 Å². The van der Waals surface area contributed by atoms with Crippen molar-refractivity contribution in [3.05, 3.63) is 23.8 Å². The molecular weight excluding hydrogens is 326 g/mol. The van der Waals surface area contributed by atoms with Crippen molar-refractivity contribution in [3.8, 4) is 11.5 Å². The zero-order valence-corrected chi connectivity index (χ0v) is 13.1. The Hall–Kier alpha value is -1.27. The Morgan fingerprint density at radius 1 is 1.60 bits per heavy atom. The molecule has 1 aromatic carbocycles. The van der Waals surface area contributed by atoms with Crippen LogP contribution >= 0.6 is 15.9 Å². The zero-order valence-electron chi connectivity index (χ0n) is 11.5. The van der Waals surface area contributed by atoms with E-state index in [2.05, 4.69) is 15.9 Å². The fraction of sp³-hybridized carbons (Fsp3) is 0.500. The lowest BCUT2D eigenvalue weighted by molar-refractivity contribution is -0.0362. The SMILES string of the molecule is COc1ccc(O)c(C(=O)N2CC(CBr)OCC2C)c1. The van der Waals surface area contributed by atoms with Crippen LogP contribution in [0, 0.1) is 0 Å². The maximum absolute atomic E-state index is 12.6. The Morgan fingerprint density at radius 3 is 3.00 bits per heavy atom. The molecule has 0 bridgehead atoms. The number of carbonyl (C=O) groups is 1. The van der Waals surface area contributed by atoms with E-state index in [0.717, 1.165) is 0 Å². The number of nitrogens with zero attached hydrogens (tertiary/aromatic N) is 1. The van der Waals surface area contributed by atoms with E-state index >= 15 is 0 Å². The monoisotopic (exact) mass is 343 g/mol. The van der Waals surface area contributed by atoms with Crippen LogP contribution in [0.15, 0.2) is 18.2 Å². The third-order valence-corrected chi connectivity index (χ3v) is 4.09. The molecule has 110 valence electrons. The predicted molar refractivity (Wildman–Crippen MR) is 78.7 cm³/mol. The fourth-order valence-corrected chi connectivity index (χ4v) is 2.55. The van der Waals surface area contributed by atoms with E-state index in [1.807, 2.05) is 6.92 Å². The van der Waals surface area contributed by atoms with Crippen molar-refractivity contribution in [2.45, 2.75) is 19.1 Å². The highest BCUT2D eigenvalue weighted by atomic mass is 79.9. The highest BCUT2D eigenvalue weighted by Gasteiger charge is 2.31. The first-order chi connectivity index (χ1) is 9.56. The fourth-order valence-electron chi connectivity index (χ4n) is 2.16. The number of hydrogen-bond acceptors (Lipinski definition) is 4. The number of benzene rings is 1. The van der Waals surface area contributed by atoms with Gasteiger partial charge in [-0.1, -0.05) is 15.9 Å². The summed E-state index contributed by atoms with van der Waals surface area (Å²) in [6.45, 7) is 2.92. The van der Waals surface area contributed by atoms with Crippen molar-refractivity contribution in [2.75, 3.05) is 25.6 Å². The summed E-state index contributed by atoms with van der Waals surface area (Å²) in [7, 11) is 1.53. The molecule has 0 spiro atoms. The average Bonchev–Trinajstić information content (AvgIpc) is 2.47. The number of morpholine rings is 1. The summed E-state index contributed by atoms with van der Waals surface area (Å²) in [6.07, 6.45) is -0.0251. The van der Waals surface area contributed by atoms with Gasteiger partial charge in [-0.3, -0.25) is 4.79 Å². The molecule has 1 aromatic rings. The normalized spacial score (nSPS) is 22.6. The Bertz CT molecular complexity index is 494. The lowest BCUT2D eigenvalue weighted by Crippen LogP contribution is -2.51. The number of carbonyl (C=O) groups excluding carboxylic acids is 1. The summed E-state index contributed by atoms with van der Waals surface area (Å²) < 4.78 is 10.7. The standard InChI is InChI=1S/C14H18BrNO4/c1-9-8-20-11(6-15)7-16(9)14(18)12-5-10(19-2)3-4-13(12)17/h3-5,9,11,17H,6-8H2,1-2H3. The molecule has 1 saturated heterocycles. The van der Waals surface area contributed by atoms with Crippen molar-refractivity contribution in [1.29, 1.82) is 0 Å². The van der Waals surface area contributed by atoms with E-state index in [1.54, 1.807) is 17.0 Å². The second-order valence-electron chi connectivity index (χ2n) is 4.80. The molecule has 0 aliphatic carbocycles. The van der Waals surface area contributed by atoms with E-state index < -0.39 is 0 Å². The topological polar surface area (TPSA) is 59.0 Å². The minimum atomic E-state index is -0.205. The van der Waals surface area contributed by atoms with Crippen LogP contribution in [0.3, 0.4) is 0 Å². The molecule has 1 amide bonds. The predicted octanol–water partition coefficient (Wildman–Crippen LogP) is 2.03. The molecule has 2 unspecified atom stereocenters. The summed E-state index contributed by atoms with van der Waals surface area (Å²) in [4.78, 5) is 14.3. The second-order valence-corrected chi connectivity index (χ2v) is 5.45. The van der Waals surface area contributed by atoms with Crippen molar-refractivity contribution < 1.29 is 19.4 Å². The second kappa shape index (κ2) is 6.45. The molecule has 2 rings (SSSR count). The number of methoxy groups -OCH3 is 1. The quantitative estimate of drug-likeness (QED) is 0.853. The van der Waals surface area contributed by atoms with Crippen molar-refractivity contribution in [2.24, 2.45) is 0 Å². The van der Waals surface area contributed by atoms with E-state index in [4.69, 9.17) is 9.47 Å². The van der Waals surface area contributed by atoms with Gasteiger partial charge in [0.25, 0.3) is 5.91 Å². The minimum absolute atomic E-state index is 0.0246. The molecule has 0 radical (unpaired) electrons. The van der Waals surface area contributed by atoms with Gasteiger partial charge in [0.15, 0.2) is 0 Å². The zero-order chi connectivity index (χ0) is 14.7. The highest BCUT2D eigenvalue weighted by molar-refractivity contribution is 9.09. The average molecular weight is 344 g/mol. The Kier molecular flexibility index (Phi) is 4.88. The molecule has 1 heterocycles. The molecule has 0 aromatic heterocycles. The van der Waals surface area contributed by atoms with Crippen LogP contribution in [0.2, 0.25) is 0 Å². The maximum atomic E-state index is 12.6. The summed E-state index contributed by atoms with van der Waals surface area (Å²) in [5.41, 5.74) is 0.256. The van der Waals surface area contributed by atoms with Gasteiger partial charge in [0, 0.05) is 11.9 Å². The number of hydrogen-bond donors (Lipinski definition) is 1. The van der Waals surface area contributed by atoms with Gasteiger partial charge in [-0.2, -0.15) is 0 Å². The van der Waals surface area contributed by atoms with Crippen LogP contribution in [0.25, 0.3) is 0 Å². The van der Waals surface area contributed by atoms with Gasteiger partial charge in [-0.25, -0.2) is 0 Å². The molecule has 2 atom stereocenters.